The van der Waals surface area contributed by atoms with E-state index < -0.39 is 0 Å². The lowest BCUT2D eigenvalue weighted by atomic mass is 10.1. The van der Waals surface area contributed by atoms with Crippen LogP contribution >= 0.6 is 0 Å². The van der Waals surface area contributed by atoms with Gasteiger partial charge in [0.2, 0.25) is 5.75 Å². The van der Waals surface area contributed by atoms with Crippen molar-refractivity contribution in [2.24, 2.45) is 5.92 Å². The third-order valence-corrected chi connectivity index (χ3v) is 3.41. The Labute approximate surface area is 108 Å². The molecule has 100 valence electrons. The van der Waals surface area contributed by atoms with Gasteiger partial charge in [0, 0.05) is 13.1 Å². The zero-order valence-electron chi connectivity index (χ0n) is 11.0. The van der Waals surface area contributed by atoms with Crippen molar-refractivity contribution in [2.75, 3.05) is 44.3 Å². The van der Waals surface area contributed by atoms with E-state index in [0.717, 1.165) is 19.6 Å². The Bertz CT molecular complexity index is 398. The number of nitrogens with zero attached hydrogens (tertiary/aromatic N) is 3. The van der Waals surface area contributed by atoms with Crippen LogP contribution in [0.25, 0.3) is 0 Å². The fourth-order valence-corrected chi connectivity index (χ4v) is 2.32. The highest BCUT2D eigenvalue weighted by molar-refractivity contribution is 5.61. The summed E-state index contributed by atoms with van der Waals surface area (Å²) in [7, 11) is 1.58. The molecule has 1 aromatic rings. The maximum absolute atomic E-state index is 5.73. The summed E-state index contributed by atoms with van der Waals surface area (Å²) in [4.78, 5) is 10.5. The van der Waals surface area contributed by atoms with Gasteiger partial charge in [-0.3, -0.25) is 0 Å². The van der Waals surface area contributed by atoms with E-state index in [4.69, 9.17) is 10.5 Å². The molecule has 0 amide bonds. The standard InChI is InChI=1S/C12H21N5O/c1-3-17-5-4-9(7-17)6-14-12-10(18-2)11(13)15-8-16-12/h8-9H,3-7H2,1-2H3,(H3,13,14,15,16). The van der Waals surface area contributed by atoms with E-state index in [0.29, 0.717) is 23.3 Å². The second-order valence-corrected chi connectivity index (χ2v) is 4.57. The summed E-state index contributed by atoms with van der Waals surface area (Å²) in [5.41, 5.74) is 5.73. The molecule has 0 aromatic carbocycles. The highest BCUT2D eigenvalue weighted by atomic mass is 16.5. The summed E-state index contributed by atoms with van der Waals surface area (Å²) in [6, 6.07) is 0. The molecule has 1 unspecified atom stereocenters. The molecule has 0 radical (unpaired) electrons. The molecular formula is C12H21N5O. The first kappa shape index (κ1) is 12.9. The van der Waals surface area contributed by atoms with Crippen molar-refractivity contribution in [2.45, 2.75) is 13.3 Å². The summed E-state index contributed by atoms with van der Waals surface area (Å²) in [6.45, 7) is 6.55. The fourth-order valence-electron chi connectivity index (χ4n) is 2.32. The molecule has 1 fully saturated rings. The molecule has 2 heterocycles. The zero-order valence-corrected chi connectivity index (χ0v) is 11.0. The highest BCUT2D eigenvalue weighted by Crippen LogP contribution is 2.27. The first-order valence-electron chi connectivity index (χ1n) is 6.35. The van der Waals surface area contributed by atoms with E-state index in [1.165, 1.54) is 19.3 Å². The van der Waals surface area contributed by atoms with Gasteiger partial charge in [-0.15, -0.1) is 0 Å². The number of rotatable bonds is 5. The Morgan fingerprint density at radius 3 is 3.06 bits per heavy atom. The molecule has 1 aromatic heterocycles. The van der Waals surface area contributed by atoms with Gasteiger partial charge in [0.25, 0.3) is 0 Å². The Hall–Kier alpha value is -1.56. The van der Waals surface area contributed by atoms with Crippen LogP contribution < -0.4 is 15.8 Å². The number of nitrogens with two attached hydrogens (primary N) is 1. The van der Waals surface area contributed by atoms with Crippen LogP contribution in [0.4, 0.5) is 11.6 Å². The smallest absolute Gasteiger partial charge is 0.203 e. The number of nitrogens with one attached hydrogen (secondary N) is 1. The minimum absolute atomic E-state index is 0.372. The molecule has 0 bridgehead atoms. The van der Waals surface area contributed by atoms with Crippen molar-refractivity contribution < 1.29 is 4.74 Å². The fraction of sp³-hybridized carbons (Fsp3) is 0.667. The lowest BCUT2D eigenvalue weighted by molar-refractivity contribution is 0.344. The molecule has 1 aliphatic heterocycles. The molecule has 0 saturated carbocycles. The van der Waals surface area contributed by atoms with E-state index >= 15 is 0 Å². The largest absolute Gasteiger partial charge is 0.490 e. The summed E-state index contributed by atoms with van der Waals surface area (Å²) in [5.74, 6) is 2.24. The molecule has 0 spiro atoms. The molecule has 6 nitrogen and oxygen atoms in total. The first-order valence-corrected chi connectivity index (χ1v) is 6.35. The van der Waals surface area contributed by atoms with E-state index in [2.05, 4.69) is 27.1 Å². The summed E-state index contributed by atoms with van der Waals surface area (Å²) in [6.07, 6.45) is 2.68. The van der Waals surface area contributed by atoms with Crippen LogP contribution in [0.2, 0.25) is 0 Å². The lowest BCUT2D eigenvalue weighted by Crippen LogP contribution is -2.22. The Morgan fingerprint density at radius 1 is 1.56 bits per heavy atom. The molecular weight excluding hydrogens is 230 g/mol. The second-order valence-electron chi connectivity index (χ2n) is 4.57. The predicted octanol–water partition coefficient (Wildman–Crippen LogP) is 0.821. The molecule has 1 saturated heterocycles. The minimum Gasteiger partial charge on any atom is -0.490 e. The quantitative estimate of drug-likeness (QED) is 0.807. The van der Waals surface area contributed by atoms with Crippen molar-refractivity contribution >= 4 is 11.6 Å². The highest BCUT2D eigenvalue weighted by Gasteiger charge is 2.21. The molecule has 0 aliphatic carbocycles. The minimum atomic E-state index is 0.372. The van der Waals surface area contributed by atoms with Gasteiger partial charge in [-0.05, 0) is 25.4 Å². The van der Waals surface area contributed by atoms with E-state index in [1.54, 1.807) is 7.11 Å². The molecule has 1 aliphatic rings. The average Bonchev–Trinajstić information content (AvgIpc) is 2.84. The van der Waals surface area contributed by atoms with E-state index in [1.807, 2.05) is 0 Å². The number of likely N-dealkylation sites (tertiary alicyclic amines) is 1. The summed E-state index contributed by atoms with van der Waals surface area (Å²) < 4.78 is 5.21. The van der Waals surface area contributed by atoms with Crippen LogP contribution in [0.3, 0.4) is 0 Å². The first-order chi connectivity index (χ1) is 8.74. The third kappa shape index (κ3) is 2.81. The lowest BCUT2D eigenvalue weighted by Gasteiger charge is -2.15. The van der Waals surface area contributed by atoms with Crippen LogP contribution in [0.5, 0.6) is 5.75 Å². The second kappa shape index (κ2) is 5.86. The van der Waals surface area contributed by atoms with Gasteiger partial charge in [0.05, 0.1) is 7.11 Å². The maximum atomic E-state index is 5.73. The van der Waals surface area contributed by atoms with Gasteiger partial charge in [0.15, 0.2) is 11.6 Å². The number of anilines is 2. The third-order valence-electron chi connectivity index (χ3n) is 3.41. The van der Waals surface area contributed by atoms with Gasteiger partial charge in [0.1, 0.15) is 6.33 Å². The normalized spacial score (nSPS) is 20.0. The van der Waals surface area contributed by atoms with Gasteiger partial charge in [-0.2, -0.15) is 0 Å². The van der Waals surface area contributed by atoms with Crippen molar-refractivity contribution in [1.82, 2.24) is 14.9 Å². The topological polar surface area (TPSA) is 76.3 Å². The molecule has 2 rings (SSSR count). The van der Waals surface area contributed by atoms with Crippen molar-refractivity contribution in [3.8, 4) is 5.75 Å². The molecule has 18 heavy (non-hydrogen) atoms. The average molecular weight is 251 g/mol. The maximum Gasteiger partial charge on any atom is 0.203 e. The van der Waals surface area contributed by atoms with Gasteiger partial charge in [-0.25, -0.2) is 9.97 Å². The number of hydrogen-bond donors (Lipinski definition) is 2. The van der Waals surface area contributed by atoms with Crippen LogP contribution in [0.1, 0.15) is 13.3 Å². The Morgan fingerprint density at radius 2 is 2.39 bits per heavy atom. The number of aromatic nitrogens is 2. The van der Waals surface area contributed by atoms with Crippen molar-refractivity contribution in [3.05, 3.63) is 6.33 Å². The van der Waals surface area contributed by atoms with Gasteiger partial charge >= 0.3 is 0 Å². The van der Waals surface area contributed by atoms with Gasteiger partial charge in [-0.1, -0.05) is 6.92 Å². The Balaban J connectivity index is 1.92. The summed E-state index contributed by atoms with van der Waals surface area (Å²) >= 11 is 0. The number of nitrogen functional groups attached to an aromatic ring is 1. The van der Waals surface area contributed by atoms with Crippen LogP contribution in [0.15, 0.2) is 6.33 Å². The zero-order chi connectivity index (χ0) is 13.0. The van der Waals surface area contributed by atoms with Crippen LogP contribution in [-0.2, 0) is 0 Å². The van der Waals surface area contributed by atoms with E-state index in [-0.39, 0.29) is 0 Å². The van der Waals surface area contributed by atoms with Gasteiger partial charge < -0.3 is 20.7 Å². The summed E-state index contributed by atoms with van der Waals surface area (Å²) in [5, 5.41) is 3.31. The number of ether oxygens (including phenoxy) is 1. The monoisotopic (exact) mass is 251 g/mol. The van der Waals surface area contributed by atoms with Crippen molar-refractivity contribution in [1.29, 1.82) is 0 Å². The van der Waals surface area contributed by atoms with Crippen LogP contribution in [0, 0.1) is 5.92 Å². The molecule has 6 heteroatoms. The Kier molecular flexibility index (Phi) is 4.19. The van der Waals surface area contributed by atoms with Crippen molar-refractivity contribution in [3.63, 3.8) is 0 Å². The SMILES string of the molecule is CCN1CCC(CNc2ncnc(N)c2OC)C1. The van der Waals surface area contributed by atoms with Crippen LogP contribution in [-0.4, -0.2) is 48.2 Å². The predicted molar refractivity (Wildman–Crippen MR) is 71.7 cm³/mol. The molecule has 3 N–H and O–H groups in total. The number of hydrogen-bond acceptors (Lipinski definition) is 6. The molecule has 1 atom stereocenters. The number of methoxy groups -OCH3 is 1. The van der Waals surface area contributed by atoms with E-state index in [9.17, 15) is 0 Å².